The molecule has 0 unspecified atom stereocenters. The summed E-state index contributed by atoms with van der Waals surface area (Å²) in [7, 11) is 0. The summed E-state index contributed by atoms with van der Waals surface area (Å²) in [5, 5.41) is 4.77. The van der Waals surface area contributed by atoms with Gasteiger partial charge in [0, 0.05) is 48.0 Å². The molecule has 3 heterocycles. The summed E-state index contributed by atoms with van der Waals surface area (Å²) >= 11 is 0. The Labute approximate surface area is 165 Å². The molecule has 6 heteroatoms. The highest BCUT2D eigenvalue weighted by Crippen LogP contribution is 2.29. The zero-order valence-electron chi connectivity index (χ0n) is 16.8. The lowest BCUT2D eigenvalue weighted by molar-refractivity contribution is 0.302. The van der Waals surface area contributed by atoms with E-state index < -0.39 is 0 Å². The molecule has 0 bridgehead atoms. The molecule has 146 valence electrons. The van der Waals surface area contributed by atoms with Crippen molar-refractivity contribution in [3.63, 3.8) is 0 Å². The van der Waals surface area contributed by atoms with Crippen LogP contribution in [0, 0.1) is 6.92 Å². The molecular formula is C22H28N6. The summed E-state index contributed by atoms with van der Waals surface area (Å²) in [5.41, 5.74) is 6.31. The van der Waals surface area contributed by atoms with Crippen LogP contribution in [0.4, 0.5) is 0 Å². The molecule has 0 atom stereocenters. The number of pyridine rings is 1. The van der Waals surface area contributed by atoms with Crippen LogP contribution in [0.25, 0.3) is 33.3 Å². The number of hydrogen-bond acceptors (Lipinski definition) is 4. The van der Waals surface area contributed by atoms with E-state index in [-0.39, 0.29) is 0 Å². The van der Waals surface area contributed by atoms with E-state index in [1.807, 2.05) is 19.2 Å². The van der Waals surface area contributed by atoms with E-state index in [9.17, 15) is 0 Å². The second-order valence-electron chi connectivity index (χ2n) is 7.19. The summed E-state index contributed by atoms with van der Waals surface area (Å²) in [6, 6.07) is 10.8. The van der Waals surface area contributed by atoms with Gasteiger partial charge in [-0.05, 0) is 49.8 Å². The maximum Gasteiger partial charge on any atom is 0.158 e. The third-order valence-electron chi connectivity index (χ3n) is 5.31. The van der Waals surface area contributed by atoms with Gasteiger partial charge in [-0.15, -0.1) is 0 Å². The average Bonchev–Trinajstić information content (AvgIpc) is 3.29. The lowest BCUT2D eigenvalue weighted by Gasteiger charge is -2.18. The van der Waals surface area contributed by atoms with Crippen LogP contribution >= 0.6 is 0 Å². The normalized spacial score (nSPS) is 11.9. The summed E-state index contributed by atoms with van der Waals surface area (Å²) in [6.45, 7) is 11.6. The van der Waals surface area contributed by atoms with Crippen molar-refractivity contribution in [1.29, 1.82) is 0 Å². The summed E-state index contributed by atoms with van der Waals surface area (Å²) < 4.78 is 0. The van der Waals surface area contributed by atoms with Crippen LogP contribution in [0.5, 0.6) is 0 Å². The number of aryl methyl sites for hydroxylation is 1. The molecule has 28 heavy (non-hydrogen) atoms. The second-order valence-corrected chi connectivity index (χ2v) is 7.19. The van der Waals surface area contributed by atoms with Crippen molar-refractivity contribution in [3.05, 3.63) is 47.9 Å². The van der Waals surface area contributed by atoms with Gasteiger partial charge >= 0.3 is 0 Å². The number of imidazole rings is 1. The Morgan fingerprint density at radius 3 is 2.75 bits per heavy atom. The highest BCUT2D eigenvalue weighted by molar-refractivity contribution is 5.94. The molecule has 0 saturated heterocycles. The monoisotopic (exact) mass is 376 g/mol. The molecule has 0 spiro atoms. The lowest BCUT2D eigenvalue weighted by atomic mass is 10.1. The SMILES string of the molecule is CCN(CC)CCNCc1ccc2[nH]c(-c3ccnc4[nH]c(C)nc34)cc2c1. The first kappa shape index (κ1) is 18.7. The fraction of sp³-hybridized carbons (Fsp3) is 0.364. The van der Waals surface area contributed by atoms with Crippen molar-refractivity contribution in [2.24, 2.45) is 0 Å². The van der Waals surface area contributed by atoms with Crippen molar-refractivity contribution in [2.75, 3.05) is 26.2 Å². The number of benzene rings is 1. The molecule has 3 aromatic heterocycles. The topological polar surface area (TPSA) is 72.6 Å². The Hall–Kier alpha value is -2.70. The van der Waals surface area contributed by atoms with Gasteiger partial charge in [-0.1, -0.05) is 19.9 Å². The number of likely N-dealkylation sites (N-methyl/N-ethyl adjacent to an activating group) is 1. The standard InChI is InChI=1S/C22H28N6/c1-4-28(5-2)11-10-23-14-16-6-7-19-17(12-16)13-20(27-19)18-8-9-24-22-21(18)25-15(3)26-22/h6-9,12-13,23,27H,4-5,10-11,14H2,1-3H3,(H,24,25,26). The number of nitrogens with zero attached hydrogens (tertiary/aromatic N) is 3. The first-order valence-electron chi connectivity index (χ1n) is 10.0. The smallest absolute Gasteiger partial charge is 0.158 e. The summed E-state index contributed by atoms with van der Waals surface area (Å²) in [6.07, 6.45) is 1.83. The first-order chi connectivity index (χ1) is 13.7. The van der Waals surface area contributed by atoms with Gasteiger partial charge in [0.15, 0.2) is 5.65 Å². The van der Waals surface area contributed by atoms with Crippen LogP contribution < -0.4 is 5.32 Å². The molecule has 4 aromatic rings. The molecule has 0 aliphatic rings. The van der Waals surface area contributed by atoms with Crippen LogP contribution in [0.3, 0.4) is 0 Å². The summed E-state index contributed by atoms with van der Waals surface area (Å²) in [4.78, 5) is 18.2. The van der Waals surface area contributed by atoms with E-state index in [1.54, 1.807) is 0 Å². The molecule has 0 amide bonds. The first-order valence-corrected chi connectivity index (χ1v) is 10.0. The van der Waals surface area contributed by atoms with E-state index in [0.717, 1.165) is 66.5 Å². The van der Waals surface area contributed by atoms with E-state index in [2.05, 4.69) is 68.3 Å². The zero-order chi connectivity index (χ0) is 19.5. The van der Waals surface area contributed by atoms with Crippen LogP contribution in [0.15, 0.2) is 36.5 Å². The minimum atomic E-state index is 0.826. The molecule has 3 N–H and O–H groups in total. The molecular weight excluding hydrogens is 348 g/mol. The fourth-order valence-electron chi connectivity index (χ4n) is 3.69. The van der Waals surface area contributed by atoms with Gasteiger partial charge in [0.1, 0.15) is 11.3 Å². The zero-order valence-corrected chi connectivity index (χ0v) is 16.8. The Morgan fingerprint density at radius 1 is 1.07 bits per heavy atom. The number of hydrogen-bond donors (Lipinski definition) is 3. The second kappa shape index (κ2) is 8.12. The number of aromatic amines is 2. The molecule has 0 aliphatic heterocycles. The van der Waals surface area contributed by atoms with Crippen LogP contribution in [-0.2, 0) is 6.54 Å². The van der Waals surface area contributed by atoms with Gasteiger partial charge in [0.25, 0.3) is 0 Å². The number of rotatable bonds is 8. The van der Waals surface area contributed by atoms with Crippen LogP contribution in [0.1, 0.15) is 25.2 Å². The maximum absolute atomic E-state index is 4.60. The number of H-pyrrole nitrogens is 2. The Balaban J connectivity index is 1.52. The van der Waals surface area contributed by atoms with E-state index in [0.29, 0.717) is 0 Å². The van der Waals surface area contributed by atoms with E-state index in [4.69, 9.17) is 0 Å². The summed E-state index contributed by atoms with van der Waals surface area (Å²) in [5.74, 6) is 0.879. The van der Waals surface area contributed by atoms with Gasteiger partial charge < -0.3 is 20.2 Å². The third kappa shape index (κ3) is 3.79. The van der Waals surface area contributed by atoms with Gasteiger partial charge in [-0.3, -0.25) is 0 Å². The molecule has 4 rings (SSSR count). The van der Waals surface area contributed by atoms with Crippen molar-refractivity contribution >= 4 is 22.1 Å². The van der Waals surface area contributed by atoms with Crippen molar-refractivity contribution < 1.29 is 0 Å². The Bertz CT molecular complexity index is 1070. The minimum Gasteiger partial charge on any atom is -0.354 e. The average molecular weight is 377 g/mol. The minimum absolute atomic E-state index is 0.826. The molecule has 1 aromatic carbocycles. The highest BCUT2D eigenvalue weighted by Gasteiger charge is 2.11. The van der Waals surface area contributed by atoms with Gasteiger partial charge in [0.05, 0.1) is 0 Å². The molecule has 6 nitrogen and oxygen atoms in total. The van der Waals surface area contributed by atoms with Crippen molar-refractivity contribution in [3.8, 4) is 11.3 Å². The van der Waals surface area contributed by atoms with Gasteiger partial charge in [-0.25, -0.2) is 9.97 Å². The molecule has 0 aliphatic carbocycles. The van der Waals surface area contributed by atoms with E-state index >= 15 is 0 Å². The molecule has 0 fully saturated rings. The molecule has 0 radical (unpaired) electrons. The Morgan fingerprint density at radius 2 is 1.93 bits per heavy atom. The van der Waals surface area contributed by atoms with E-state index in [1.165, 1.54) is 10.9 Å². The lowest BCUT2D eigenvalue weighted by Crippen LogP contribution is -2.31. The Kier molecular flexibility index (Phi) is 5.41. The molecule has 0 saturated carbocycles. The highest BCUT2D eigenvalue weighted by atomic mass is 15.1. The fourth-order valence-corrected chi connectivity index (χ4v) is 3.69. The number of fused-ring (bicyclic) bond motifs is 2. The third-order valence-corrected chi connectivity index (χ3v) is 5.31. The quantitative estimate of drug-likeness (QED) is 0.409. The number of aromatic nitrogens is 4. The van der Waals surface area contributed by atoms with Crippen LogP contribution in [-0.4, -0.2) is 51.0 Å². The number of nitrogens with one attached hydrogen (secondary N) is 3. The van der Waals surface area contributed by atoms with Gasteiger partial charge in [-0.2, -0.15) is 0 Å². The van der Waals surface area contributed by atoms with Crippen LogP contribution in [0.2, 0.25) is 0 Å². The predicted octanol–water partition coefficient (Wildman–Crippen LogP) is 3.85. The maximum atomic E-state index is 4.60. The van der Waals surface area contributed by atoms with Gasteiger partial charge in [0.2, 0.25) is 0 Å². The predicted molar refractivity (Wildman–Crippen MR) is 115 cm³/mol. The largest absolute Gasteiger partial charge is 0.354 e. The van der Waals surface area contributed by atoms with Crippen molar-refractivity contribution in [1.82, 2.24) is 30.2 Å². The van der Waals surface area contributed by atoms with Crippen molar-refractivity contribution in [2.45, 2.75) is 27.3 Å².